The lowest BCUT2D eigenvalue weighted by molar-refractivity contribution is -0.111. The Morgan fingerprint density at radius 3 is 2.82 bits per heavy atom. The molecule has 2 heterocycles. The average Bonchev–Trinajstić information content (AvgIpc) is 3.30. The summed E-state index contributed by atoms with van der Waals surface area (Å²) in [5.41, 5.74) is 1.51. The van der Waals surface area contributed by atoms with Gasteiger partial charge in [0.2, 0.25) is 17.7 Å². The monoisotopic (exact) mass is 463 g/mol. The number of ether oxygens (including phenoxy) is 3. The molecule has 3 N–H and O–H groups in total. The number of carbonyl (C=O) groups excluding carboxylic acids is 1. The van der Waals surface area contributed by atoms with Crippen molar-refractivity contribution in [3.8, 4) is 17.4 Å². The van der Waals surface area contributed by atoms with Gasteiger partial charge in [-0.05, 0) is 36.4 Å². The van der Waals surface area contributed by atoms with Gasteiger partial charge in [-0.2, -0.15) is 9.97 Å². The zero-order valence-corrected chi connectivity index (χ0v) is 18.3. The van der Waals surface area contributed by atoms with Crippen LogP contribution in [0.1, 0.15) is 0 Å². The first-order valence-corrected chi connectivity index (χ1v) is 10.3. The second-order valence-electron chi connectivity index (χ2n) is 7.03. The van der Waals surface area contributed by atoms with E-state index in [0.29, 0.717) is 34.8 Å². The molecule has 0 saturated carbocycles. The van der Waals surface area contributed by atoms with Crippen molar-refractivity contribution in [3.05, 3.63) is 73.2 Å². The van der Waals surface area contributed by atoms with Crippen molar-refractivity contribution in [1.29, 1.82) is 0 Å². The quantitative estimate of drug-likeness (QED) is 0.229. The second kappa shape index (κ2) is 10.5. The number of fused-ring (bicyclic) bond motifs is 1. The Kier molecular flexibility index (Phi) is 6.99. The maximum Gasteiger partial charge on any atom is 0.247 e. The Balaban J connectivity index is 1.56. The molecule has 1 amide bonds. The average molecular weight is 463 g/mol. The Morgan fingerprint density at radius 1 is 1.15 bits per heavy atom. The van der Waals surface area contributed by atoms with Crippen molar-refractivity contribution in [2.45, 2.75) is 0 Å². The Bertz CT molecular complexity index is 1320. The number of anilines is 3. The highest BCUT2D eigenvalue weighted by molar-refractivity contribution is 5.99. The van der Waals surface area contributed by atoms with Crippen LogP contribution in [-0.4, -0.2) is 41.2 Å². The van der Waals surface area contributed by atoms with Crippen molar-refractivity contribution in [2.75, 3.05) is 31.0 Å². The van der Waals surface area contributed by atoms with Crippen molar-refractivity contribution < 1.29 is 23.4 Å². The Morgan fingerprint density at radius 2 is 2.03 bits per heavy atom. The zero-order chi connectivity index (χ0) is 23.9. The van der Waals surface area contributed by atoms with E-state index in [9.17, 15) is 9.18 Å². The molecular formula is C24H22FN5O4. The van der Waals surface area contributed by atoms with Crippen LogP contribution < -0.4 is 20.1 Å². The van der Waals surface area contributed by atoms with E-state index in [1.807, 2.05) is 0 Å². The minimum absolute atomic E-state index is 0.121. The minimum Gasteiger partial charge on any atom is -0.488 e. The summed E-state index contributed by atoms with van der Waals surface area (Å²) in [6.45, 7) is 4.04. The lowest BCUT2D eigenvalue weighted by atomic mass is 10.3. The number of hydrogen-bond donors (Lipinski definition) is 3. The Hall–Kier alpha value is -4.44. The predicted octanol–water partition coefficient (Wildman–Crippen LogP) is 4.78. The van der Waals surface area contributed by atoms with Crippen molar-refractivity contribution in [2.24, 2.45) is 0 Å². The third-order valence-electron chi connectivity index (χ3n) is 4.62. The van der Waals surface area contributed by atoms with Crippen LogP contribution in [0.25, 0.3) is 11.0 Å². The van der Waals surface area contributed by atoms with Gasteiger partial charge in [0.15, 0.2) is 11.6 Å². The summed E-state index contributed by atoms with van der Waals surface area (Å²) in [7, 11) is 1.54. The summed E-state index contributed by atoms with van der Waals surface area (Å²) in [6, 6.07) is 13.1. The van der Waals surface area contributed by atoms with Crippen molar-refractivity contribution >= 4 is 34.3 Å². The molecule has 0 fully saturated rings. The fraction of sp³-hybridized carbons (Fsp3) is 0.125. The summed E-state index contributed by atoms with van der Waals surface area (Å²) in [5, 5.41) is 6.31. The maximum absolute atomic E-state index is 14.4. The normalized spacial score (nSPS) is 10.6. The second-order valence-corrected chi connectivity index (χ2v) is 7.03. The highest BCUT2D eigenvalue weighted by atomic mass is 19.1. The van der Waals surface area contributed by atoms with Crippen LogP contribution in [0.4, 0.5) is 21.7 Å². The molecule has 0 aliphatic heterocycles. The molecule has 34 heavy (non-hydrogen) atoms. The van der Waals surface area contributed by atoms with E-state index in [-0.39, 0.29) is 30.1 Å². The third kappa shape index (κ3) is 5.48. The van der Waals surface area contributed by atoms with E-state index >= 15 is 0 Å². The number of nitrogens with zero attached hydrogens (tertiary/aromatic N) is 2. The minimum atomic E-state index is -0.531. The largest absolute Gasteiger partial charge is 0.488 e. The highest BCUT2D eigenvalue weighted by Crippen LogP contribution is 2.30. The summed E-state index contributed by atoms with van der Waals surface area (Å²) in [4.78, 5) is 23.5. The number of H-pyrrole nitrogens is 1. The number of carbonyl (C=O) groups is 1. The summed E-state index contributed by atoms with van der Waals surface area (Å²) >= 11 is 0. The predicted molar refractivity (Wildman–Crippen MR) is 126 cm³/mol. The number of amides is 1. The van der Waals surface area contributed by atoms with Gasteiger partial charge in [0, 0.05) is 36.8 Å². The van der Waals surface area contributed by atoms with Gasteiger partial charge in [0.25, 0.3) is 0 Å². The molecule has 0 spiro atoms. The summed E-state index contributed by atoms with van der Waals surface area (Å²) in [5.74, 6) is 0.195. The van der Waals surface area contributed by atoms with E-state index < -0.39 is 5.82 Å². The molecule has 4 rings (SSSR count). The molecule has 0 radical (unpaired) electrons. The van der Waals surface area contributed by atoms with E-state index in [1.54, 1.807) is 49.7 Å². The molecule has 0 atom stereocenters. The highest BCUT2D eigenvalue weighted by Gasteiger charge is 2.13. The molecule has 0 bridgehead atoms. The zero-order valence-electron chi connectivity index (χ0n) is 18.3. The molecule has 2 aromatic carbocycles. The number of aromatic nitrogens is 3. The molecular weight excluding hydrogens is 441 g/mol. The van der Waals surface area contributed by atoms with E-state index in [4.69, 9.17) is 14.2 Å². The molecule has 0 aliphatic carbocycles. The number of methoxy groups -OCH3 is 1. The first-order chi connectivity index (χ1) is 16.6. The van der Waals surface area contributed by atoms with Crippen LogP contribution in [0, 0.1) is 5.82 Å². The molecule has 10 heteroatoms. The lowest BCUT2D eigenvalue weighted by Gasteiger charge is -2.11. The summed E-state index contributed by atoms with van der Waals surface area (Å²) in [6.07, 6.45) is 2.89. The van der Waals surface area contributed by atoms with Crippen molar-refractivity contribution in [3.63, 3.8) is 0 Å². The molecule has 9 nitrogen and oxygen atoms in total. The first kappa shape index (κ1) is 22.7. The van der Waals surface area contributed by atoms with Crippen LogP contribution in [0.5, 0.6) is 17.4 Å². The number of halogens is 1. The number of rotatable bonds is 10. The van der Waals surface area contributed by atoms with Gasteiger partial charge < -0.3 is 29.8 Å². The van der Waals surface area contributed by atoms with Gasteiger partial charge in [-0.25, -0.2) is 4.39 Å². The van der Waals surface area contributed by atoms with Gasteiger partial charge in [-0.3, -0.25) is 4.79 Å². The lowest BCUT2D eigenvalue weighted by Crippen LogP contribution is -2.07. The van der Waals surface area contributed by atoms with Crippen LogP contribution in [0.2, 0.25) is 0 Å². The number of benzene rings is 2. The summed E-state index contributed by atoms with van der Waals surface area (Å²) < 4.78 is 30.6. The Labute approximate surface area is 194 Å². The van der Waals surface area contributed by atoms with Crippen LogP contribution in [0.15, 0.2) is 67.4 Å². The molecule has 174 valence electrons. The van der Waals surface area contributed by atoms with Gasteiger partial charge in [-0.1, -0.05) is 12.6 Å². The number of nitrogens with one attached hydrogen (secondary N) is 3. The van der Waals surface area contributed by atoms with Gasteiger partial charge in [0.1, 0.15) is 18.0 Å². The number of hydrogen-bond acceptors (Lipinski definition) is 7. The fourth-order valence-corrected chi connectivity index (χ4v) is 3.05. The van der Waals surface area contributed by atoms with Crippen molar-refractivity contribution in [1.82, 2.24) is 15.0 Å². The van der Waals surface area contributed by atoms with E-state index in [0.717, 1.165) is 0 Å². The van der Waals surface area contributed by atoms with Gasteiger partial charge in [0.05, 0.1) is 12.0 Å². The van der Waals surface area contributed by atoms with Crippen LogP contribution >= 0.6 is 0 Å². The SMILES string of the molecule is C=CC(=O)Nc1cccc(Oc2nc(Nc3ccc(OCCOC)c(F)c3)nc3[nH]ccc23)c1. The van der Waals surface area contributed by atoms with E-state index in [2.05, 4.69) is 32.2 Å². The molecule has 4 aromatic rings. The number of aromatic amines is 1. The fourth-order valence-electron chi connectivity index (χ4n) is 3.05. The maximum atomic E-state index is 14.4. The van der Waals surface area contributed by atoms with Crippen LogP contribution in [-0.2, 0) is 9.53 Å². The third-order valence-corrected chi connectivity index (χ3v) is 4.62. The standard InChI is InChI=1S/C24H22FN5O4/c1-3-21(31)27-15-5-4-6-17(13-15)34-23-18-9-10-26-22(18)29-24(30-23)28-16-7-8-20(19(25)14-16)33-12-11-32-2/h3-10,13-14H,1,11-12H2,2H3,(H,27,31)(H2,26,28,29,30). The van der Waals surface area contributed by atoms with E-state index in [1.165, 1.54) is 18.2 Å². The van der Waals surface area contributed by atoms with Gasteiger partial charge in [-0.15, -0.1) is 0 Å². The molecule has 0 unspecified atom stereocenters. The molecule has 0 saturated heterocycles. The molecule has 2 aromatic heterocycles. The van der Waals surface area contributed by atoms with Crippen LogP contribution in [0.3, 0.4) is 0 Å². The molecule has 0 aliphatic rings. The smallest absolute Gasteiger partial charge is 0.247 e. The van der Waals surface area contributed by atoms with Gasteiger partial charge >= 0.3 is 0 Å². The first-order valence-electron chi connectivity index (χ1n) is 10.3. The topological polar surface area (TPSA) is 110 Å².